The van der Waals surface area contributed by atoms with Crippen molar-refractivity contribution < 1.29 is 17.9 Å². The van der Waals surface area contributed by atoms with E-state index in [0.717, 1.165) is 4.57 Å². The van der Waals surface area contributed by atoms with Crippen molar-refractivity contribution in [3.05, 3.63) is 18.0 Å². The Morgan fingerprint density at radius 2 is 2.05 bits per heavy atom. The summed E-state index contributed by atoms with van der Waals surface area (Å²) in [5.74, 6) is 0.361. The fraction of sp³-hybridized carbons (Fsp3) is 0.455. The number of pyridine rings is 1. The third-order valence-corrected chi connectivity index (χ3v) is 2.69. The molecule has 0 N–H and O–H groups in total. The quantitative estimate of drug-likeness (QED) is 0.815. The van der Waals surface area contributed by atoms with E-state index in [2.05, 4.69) is 9.97 Å². The van der Waals surface area contributed by atoms with Crippen LogP contribution in [0.4, 0.5) is 13.2 Å². The maximum atomic E-state index is 12.6. The predicted octanol–water partition coefficient (Wildman–Crippen LogP) is 3.30. The van der Waals surface area contributed by atoms with Crippen molar-refractivity contribution in [3.8, 4) is 5.88 Å². The van der Waals surface area contributed by atoms with Gasteiger partial charge < -0.3 is 9.30 Å². The first-order valence-electron chi connectivity index (χ1n) is 5.44. The summed E-state index contributed by atoms with van der Waals surface area (Å²) in [6, 6.07) is 3.09. The Hall–Kier alpha value is -1.50. The lowest BCUT2D eigenvalue weighted by atomic mass is 10.4. The number of fused-ring (bicyclic) bond motifs is 1. The fourth-order valence-corrected chi connectivity index (χ4v) is 1.92. The zero-order chi connectivity index (χ0) is 14.2. The first kappa shape index (κ1) is 13.9. The Kier molecular flexibility index (Phi) is 3.58. The molecule has 0 bridgehead atoms. The van der Waals surface area contributed by atoms with Gasteiger partial charge in [0.25, 0.3) is 0 Å². The second-order valence-corrected chi connectivity index (χ2v) is 4.64. The Morgan fingerprint density at radius 3 is 2.58 bits per heavy atom. The molecule has 0 saturated heterocycles. The summed E-state index contributed by atoms with van der Waals surface area (Å²) in [5, 5.41) is -0.650. The van der Waals surface area contributed by atoms with Crippen LogP contribution in [0.1, 0.15) is 18.1 Å². The summed E-state index contributed by atoms with van der Waals surface area (Å²) in [7, 11) is 1.39. The Balaban J connectivity index is 2.63. The molecule has 0 saturated carbocycles. The van der Waals surface area contributed by atoms with Gasteiger partial charge in [0.05, 0.1) is 12.5 Å². The molecule has 0 aliphatic rings. The van der Waals surface area contributed by atoms with Crippen LogP contribution in [0.15, 0.2) is 12.1 Å². The molecule has 0 spiro atoms. The molecule has 104 valence electrons. The monoisotopic (exact) mass is 293 g/mol. The van der Waals surface area contributed by atoms with E-state index in [0.29, 0.717) is 5.52 Å². The number of methoxy groups -OCH3 is 1. The van der Waals surface area contributed by atoms with Crippen LogP contribution in [0.5, 0.6) is 5.88 Å². The van der Waals surface area contributed by atoms with E-state index in [-0.39, 0.29) is 17.4 Å². The lowest BCUT2D eigenvalue weighted by Crippen LogP contribution is -2.20. The number of rotatable bonds is 3. The molecular formula is C11H11ClF3N3O. The minimum absolute atomic E-state index is 0.110. The second-order valence-electron chi connectivity index (χ2n) is 3.98. The van der Waals surface area contributed by atoms with E-state index in [1.54, 1.807) is 13.0 Å². The highest BCUT2D eigenvalue weighted by Crippen LogP contribution is 2.28. The van der Waals surface area contributed by atoms with Gasteiger partial charge >= 0.3 is 6.18 Å². The molecule has 2 heterocycles. The smallest absolute Gasteiger partial charge is 0.406 e. The van der Waals surface area contributed by atoms with Crippen LogP contribution in [0.3, 0.4) is 0 Å². The third kappa shape index (κ3) is 2.91. The van der Waals surface area contributed by atoms with Crippen molar-refractivity contribution in [2.75, 3.05) is 7.11 Å². The summed E-state index contributed by atoms with van der Waals surface area (Å²) in [6.07, 6.45) is -4.38. The molecule has 2 aromatic heterocycles. The van der Waals surface area contributed by atoms with Crippen molar-refractivity contribution in [2.24, 2.45) is 0 Å². The highest BCUT2D eigenvalue weighted by molar-refractivity contribution is 6.20. The zero-order valence-corrected chi connectivity index (χ0v) is 11.0. The van der Waals surface area contributed by atoms with Crippen LogP contribution < -0.4 is 4.74 Å². The van der Waals surface area contributed by atoms with Gasteiger partial charge in [0, 0.05) is 6.07 Å². The van der Waals surface area contributed by atoms with Gasteiger partial charge in [0.15, 0.2) is 5.65 Å². The molecule has 1 atom stereocenters. The molecule has 2 rings (SSSR count). The molecule has 2 aromatic rings. The topological polar surface area (TPSA) is 39.9 Å². The number of hydrogen-bond acceptors (Lipinski definition) is 3. The summed E-state index contributed by atoms with van der Waals surface area (Å²) >= 11 is 5.87. The van der Waals surface area contributed by atoms with E-state index in [4.69, 9.17) is 16.3 Å². The van der Waals surface area contributed by atoms with Crippen molar-refractivity contribution in [1.29, 1.82) is 0 Å². The largest absolute Gasteiger partial charge is 0.481 e. The lowest BCUT2D eigenvalue weighted by molar-refractivity contribution is -0.140. The van der Waals surface area contributed by atoms with Crippen LogP contribution in [0.2, 0.25) is 0 Å². The van der Waals surface area contributed by atoms with Crippen molar-refractivity contribution in [3.63, 3.8) is 0 Å². The van der Waals surface area contributed by atoms with Gasteiger partial charge in [-0.3, -0.25) is 0 Å². The lowest BCUT2D eigenvalue weighted by Gasteiger charge is -2.12. The molecule has 0 aliphatic heterocycles. The van der Waals surface area contributed by atoms with Crippen molar-refractivity contribution in [2.45, 2.75) is 25.0 Å². The van der Waals surface area contributed by atoms with E-state index in [1.807, 2.05) is 0 Å². The number of ether oxygens (including phenoxy) is 1. The minimum atomic E-state index is -4.38. The zero-order valence-electron chi connectivity index (χ0n) is 10.2. The number of hydrogen-bond donors (Lipinski definition) is 0. The van der Waals surface area contributed by atoms with Gasteiger partial charge in [0.2, 0.25) is 5.88 Å². The molecule has 0 aliphatic carbocycles. The van der Waals surface area contributed by atoms with E-state index in [1.165, 1.54) is 13.2 Å². The summed E-state index contributed by atoms with van der Waals surface area (Å²) < 4.78 is 43.7. The molecule has 0 radical (unpaired) electrons. The summed E-state index contributed by atoms with van der Waals surface area (Å²) in [5.41, 5.74) is 0.465. The van der Waals surface area contributed by atoms with Gasteiger partial charge in [0.1, 0.15) is 17.9 Å². The predicted molar refractivity (Wildman–Crippen MR) is 64.4 cm³/mol. The molecule has 8 heteroatoms. The van der Waals surface area contributed by atoms with Crippen LogP contribution >= 0.6 is 11.6 Å². The average molecular weight is 294 g/mol. The SMILES string of the molecule is COc1ccc2nc(C(C)Cl)n(CC(F)(F)F)c2n1. The second kappa shape index (κ2) is 4.88. The standard InChI is InChI=1S/C11H11ClF3N3O/c1-6(12)9-16-7-3-4-8(19-2)17-10(7)18(9)5-11(13,14)15/h3-4,6H,5H2,1-2H3. The summed E-state index contributed by atoms with van der Waals surface area (Å²) in [4.78, 5) is 8.09. The maximum absolute atomic E-state index is 12.6. The van der Waals surface area contributed by atoms with E-state index in [9.17, 15) is 13.2 Å². The Bertz CT molecular complexity index is 595. The molecule has 0 amide bonds. The molecule has 4 nitrogen and oxygen atoms in total. The number of nitrogens with zero attached hydrogens (tertiary/aromatic N) is 3. The number of halogens is 4. The highest BCUT2D eigenvalue weighted by atomic mass is 35.5. The third-order valence-electron chi connectivity index (χ3n) is 2.50. The van der Waals surface area contributed by atoms with Crippen molar-refractivity contribution >= 4 is 22.8 Å². The fourth-order valence-electron chi connectivity index (χ4n) is 1.75. The normalized spacial score (nSPS) is 13.8. The van der Waals surface area contributed by atoms with E-state index >= 15 is 0 Å². The highest BCUT2D eigenvalue weighted by Gasteiger charge is 2.31. The van der Waals surface area contributed by atoms with Crippen LogP contribution in [0.25, 0.3) is 11.2 Å². The molecule has 19 heavy (non-hydrogen) atoms. The van der Waals surface area contributed by atoms with E-state index < -0.39 is 18.1 Å². The number of aromatic nitrogens is 3. The average Bonchev–Trinajstić information content (AvgIpc) is 2.65. The number of imidazole rings is 1. The number of alkyl halides is 4. The van der Waals surface area contributed by atoms with Crippen LogP contribution in [0, 0.1) is 0 Å². The molecule has 0 fully saturated rings. The Labute approximate surface area is 112 Å². The summed E-state index contributed by atoms with van der Waals surface area (Å²) in [6.45, 7) is 0.378. The molecule has 0 aromatic carbocycles. The van der Waals surface area contributed by atoms with Crippen molar-refractivity contribution in [1.82, 2.24) is 14.5 Å². The van der Waals surface area contributed by atoms with Gasteiger partial charge in [-0.15, -0.1) is 11.6 Å². The maximum Gasteiger partial charge on any atom is 0.406 e. The van der Waals surface area contributed by atoms with Crippen LogP contribution in [-0.4, -0.2) is 27.8 Å². The Morgan fingerprint density at radius 1 is 1.37 bits per heavy atom. The van der Waals surface area contributed by atoms with Gasteiger partial charge in [-0.1, -0.05) is 0 Å². The molecule has 1 unspecified atom stereocenters. The first-order chi connectivity index (χ1) is 8.81. The minimum Gasteiger partial charge on any atom is -0.481 e. The van der Waals surface area contributed by atoms with Gasteiger partial charge in [-0.2, -0.15) is 18.2 Å². The van der Waals surface area contributed by atoms with Gasteiger partial charge in [-0.05, 0) is 13.0 Å². The molecular weight excluding hydrogens is 283 g/mol. The first-order valence-corrected chi connectivity index (χ1v) is 5.87. The van der Waals surface area contributed by atoms with Gasteiger partial charge in [-0.25, -0.2) is 4.98 Å². The van der Waals surface area contributed by atoms with Crippen LogP contribution in [-0.2, 0) is 6.54 Å².